The average Bonchev–Trinajstić information content (AvgIpc) is 2.98. The van der Waals surface area contributed by atoms with Crippen LogP contribution < -0.4 is 4.90 Å². The zero-order valence-corrected chi connectivity index (χ0v) is 14.3. The quantitative estimate of drug-likeness (QED) is 0.762. The molecular formula is C15H25N3O3S. The van der Waals surface area contributed by atoms with Crippen molar-refractivity contribution in [3.05, 3.63) is 11.6 Å². The van der Waals surface area contributed by atoms with Gasteiger partial charge in [-0.15, -0.1) is 11.3 Å². The van der Waals surface area contributed by atoms with Crippen LogP contribution in [0.2, 0.25) is 0 Å². The highest BCUT2D eigenvalue weighted by Crippen LogP contribution is 2.20. The number of anilines is 1. The van der Waals surface area contributed by atoms with Crippen LogP contribution in [-0.4, -0.2) is 67.9 Å². The maximum atomic E-state index is 12.5. The minimum absolute atomic E-state index is 0.0256. The predicted octanol–water partition coefficient (Wildman–Crippen LogP) is 1.62. The molecule has 1 saturated heterocycles. The summed E-state index contributed by atoms with van der Waals surface area (Å²) in [5, 5.41) is 2.61. The number of carbonyl (C=O) groups is 1. The summed E-state index contributed by atoms with van der Waals surface area (Å²) in [4.78, 5) is 20.8. The summed E-state index contributed by atoms with van der Waals surface area (Å²) >= 11 is 1.47. The highest BCUT2D eigenvalue weighted by atomic mass is 32.1. The lowest BCUT2D eigenvalue weighted by Gasteiger charge is -2.33. The summed E-state index contributed by atoms with van der Waals surface area (Å²) in [5.41, 5.74) is 0. The number of hydrogen-bond acceptors (Lipinski definition) is 6. The summed E-state index contributed by atoms with van der Waals surface area (Å²) in [7, 11) is 2.07. The van der Waals surface area contributed by atoms with Crippen molar-refractivity contribution in [3.63, 3.8) is 0 Å². The van der Waals surface area contributed by atoms with Gasteiger partial charge in [-0.05, 0) is 20.9 Å². The highest BCUT2D eigenvalue weighted by molar-refractivity contribution is 7.13. The van der Waals surface area contributed by atoms with Crippen LogP contribution in [0.25, 0.3) is 0 Å². The van der Waals surface area contributed by atoms with Gasteiger partial charge < -0.3 is 14.4 Å². The van der Waals surface area contributed by atoms with Gasteiger partial charge in [-0.3, -0.25) is 9.69 Å². The maximum Gasteiger partial charge on any atom is 0.231 e. The molecule has 1 atom stereocenters. The Morgan fingerprint density at radius 3 is 3.09 bits per heavy atom. The van der Waals surface area contributed by atoms with E-state index in [0.29, 0.717) is 26.2 Å². The summed E-state index contributed by atoms with van der Waals surface area (Å²) in [6, 6.07) is 0. The first kappa shape index (κ1) is 17.3. The first-order valence-corrected chi connectivity index (χ1v) is 8.56. The monoisotopic (exact) mass is 327 g/mol. The molecule has 7 heteroatoms. The van der Waals surface area contributed by atoms with Gasteiger partial charge in [0.1, 0.15) is 0 Å². The molecule has 0 saturated carbocycles. The molecule has 0 spiro atoms. The molecule has 1 aliphatic heterocycles. The lowest BCUT2D eigenvalue weighted by molar-refractivity contribution is -0.120. The summed E-state index contributed by atoms with van der Waals surface area (Å²) in [5.74, 6) is 0.0347. The number of likely N-dealkylation sites (N-methyl/N-ethyl adjacent to an activating group) is 1. The number of ether oxygens (including phenoxy) is 2. The molecule has 1 fully saturated rings. The second-order valence-electron chi connectivity index (χ2n) is 5.74. The fraction of sp³-hybridized carbons (Fsp3) is 0.733. The molecular weight excluding hydrogens is 302 g/mol. The molecule has 0 N–H and O–H groups in total. The van der Waals surface area contributed by atoms with E-state index in [9.17, 15) is 4.79 Å². The first-order valence-electron chi connectivity index (χ1n) is 7.68. The van der Waals surface area contributed by atoms with Crippen molar-refractivity contribution < 1.29 is 14.3 Å². The second-order valence-corrected chi connectivity index (χ2v) is 6.62. The van der Waals surface area contributed by atoms with E-state index in [4.69, 9.17) is 9.47 Å². The van der Waals surface area contributed by atoms with Crippen LogP contribution in [-0.2, 0) is 14.3 Å². The topological polar surface area (TPSA) is 54.9 Å². The van der Waals surface area contributed by atoms with Crippen LogP contribution >= 0.6 is 11.3 Å². The molecule has 1 aliphatic rings. The van der Waals surface area contributed by atoms with Gasteiger partial charge in [0.15, 0.2) is 5.13 Å². The lowest BCUT2D eigenvalue weighted by Crippen LogP contribution is -2.47. The molecule has 22 heavy (non-hydrogen) atoms. The number of thiazole rings is 1. The van der Waals surface area contributed by atoms with Crippen molar-refractivity contribution in [1.82, 2.24) is 9.88 Å². The van der Waals surface area contributed by atoms with Crippen LogP contribution in [0, 0.1) is 0 Å². The molecule has 1 aromatic heterocycles. The third kappa shape index (κ3) is 5.31. The van der Waals surface area contributed by atoms with Crippen LogP contribution in [0.3, 0.4) is 0 Å². The number of carbonyl (C=O) groups excluding carboxylic acids is 1. The van der Waals surface area contributed by atoms with Crippen molar-refractivity contribution in [2.45, 2.75) is 32.5 Å². The molecule has 0 bridgehead atoms. The van der Waals surface area contributed by atoms with Crippen LogP contribution in [0.1, 0.15) is 20.3 Å². The van der Waals surface area contributed by atoms with Crippen molar-refractivity contribution in [2.75, 3.05) is 44.8 Å². The molecule has 0 unspecified atom stereocenters. The van der Waals surface area contributed by atoms with Crippen LogP contribution in [0.5, 0.6) is 0 Å². The lowest BCUT2D eigenvalue weighted by atomic mass is 10.2. The second kappa shape index (κ2) is 8.57. The largest absolute Gasteiger partial charge is 0.378 e. The Bertz CT molecular complexity index is 453. The zero-order valence-electron chi connectivity index (χ0n) is 13.5. The SMILES string of the molecule is CC(C)OCCC(=O)N(C[C@H]1CN(C)CCO1)c1nccs1. The standard InChI is InChI=1S/C15H25N3O3S/c1-12(2)20-7-4-14(19)18(15-16-5-9-22-15)11-13-10-17(3)6-8-21-13/h5,9,12-13H,4,6-8,10-11H2,1-3H3/t13-/m1/s1. The van der Waals surface area contributed by atoms with E-state index >= 15 is 0 Å². The van der Waals surface area contributed by atoms with Gasteiger partial charge >= 0.3 is 0 Å². The summed E-state index contributed by atoms with van der Waals surface area (Å²) in [6.07, 6.45) is 2.24. The van der Waals surface area contributed by atoms with Crippen LogP contribution in [0.4, 0.5) is 5.13 Å². The fourth-order valence-corrected chi connectivity index (χ4v) is 3.00. The number of nitrogens with zero attached hydrogens (tertiary/aromatic N) is 3. The Balaban J connectivity index is 1.95. The van der Waals surface area contributed by atoms with Gasteiger partial charge in [0.05, 0.1) is 38.4 Å². The summed E-state index contributed by atoms with van der Waals surface area (Å²) < 4.78 is 11.3. The van der Waals surface area contributed by atoms with Gasteiger partial charge in [0.2, 0.25) is 5.91 Å². The van der Waals surface area contributed by atoms with Gasteiger partial charge in [-0.2, -0.15) is 0 Å². The van der Waals surface area contributed by atoms with E-state index in [2.05, 4.69) is 16.9 Å². The van der Waals surface area contributed by atoms with E-state index in [1.807, 2.05) is 19.2 Å². The predicted molar refractivity (Wildman–Crippen MR) is 87.4 cm³/mol. The van der Waals surface area contributed by atoms with Crippen molar-refractivity contribution in [3.8, 4) is 0 Å². The minimum atomic E-state index is 0.0256. The minimum Gasteiger partial charge on any atom is -0.378 e. The van der Waals surface area contributed by atoms with E-state index in [0.717, 1.165) is 18.2 Å². The number of rotatable bonds is 7. The van der Waals surface area contributed by atoms with E-state index in [1.165, 1.54) is 11.3 Å². The molecule has 1 aromatic rings. The third-order valence-corrected chi connectivity index (χ3v) is 4.24. The first-order chi connectivity index (χ1) is 10.6. The molecule has 2 heterocycles. The van der Waals surface area contributed by atoms with Crippen LogP contribution in [0.15, 0.2) is 11.6 Å². The smallest absolute Gasteiger partial charge is 0.231 e. The Hall–Kier alpha value is -1.02. The average molecular weight is 327 g/mol. The van der Waals surface area contributed by atoms with Crippen molar-refractivity contribution >= 4 is 22.4 Å². The maximum absolute atomic E-state index is 12.5. The molecule has 0 radical (unpaired) electrons. The van der Waals surface area contributed by atoms with Gasteiger partial charge in [0, 0.05) is 24.7 Å². The molecule has 0 aromatic carbocycles. The van der Waals surface area contributed by atoms with Gasteiger partial charge in [-0.25, -0.2) is 4.98 Å². The molecule has 0 aliphatic carbocycles. The molecule has 2 rings (SSSR count). The van der Waals surface area contributed by atoms with Gasteiger partial charge in [-0.1, -0.05) is 0 Å². The van der Waals surface area contributed by atoms with E-state index < -0.39 is 0 Å². The molecule has 1 amide bonds. The van der Waals surface area contributed by atoms with Crippen molar-refractivity contribution in [2.24, 2.45) is 0 Å². The van der Waals surface area contributed by atoms with Gasteiger partial charge in [0.25, 0.3) is 0 Å². The Kier molecular flexibility index (Phi) is 6.75. The number of amides is 1. The number of aromatic nitrogens is 1. The van der Waals surface area contributed by atoms with E-state index in [1.54, 1.807) is 11.1 Å². The highest BCUT2D eigenvalue weighted by Gasteiger charge is 2.25. The fourth-order valence-electron chi connectivity index (χ4n) is 2.33. The molecule has 124 valence electrons. The molecule has 6 nitrogen and oxygen atoms in total. The third-order valence-electron chi connectivity index (χ3n) is 3.45. The summed E-state index contributed by atoms with van der Waals surface area (Å²) in [6.45, 7) is 7.38. The number of hydrogen-bond donors (Lipinski definition) is 0. The van der Waals surface area contributed by atoms with Crippen molar-refractivity contribution in [1.29, 1.82) is 0 Å². The Morgan fingerprint density at radius 1 is 1.64 bits per heavy atom. The Morgan fingerprint density at radius 2 is 2.45 bits per heavy atom. The zero-order chi connectivity index (χ0) is 15.9. The Labute approximate surface area is 136 Å². The number of morpholine rings is 1. The normalized spacial score (nSPS) is 19.5. The van der Waals surface area contributed by atoms with E-state index in [-0.39, 0.29) is 18.1 Å².